The van der Waals surface area contributed by atoms with Crippen LogP contribution in [0.5, 0.6) is 0 Å². The largest absolute Gasteiger partial charge is 0.333 e. The van der Waals surface area contributed by atoms with Gasteiger partial charge in [-0.05, 0) is 37.1 Å². The second-order valence-electron chi connectivity index (χ2n) is 6.62. The summed E-state index contributed by atoms with van der Waals surface area (Å²) >= 11 is 0. The highest BCUT2D eigenvalue weighted by atomic mass is 15.1. The van der Waals surface area contributed by atoms with E-state index < -0.39 is 0 Å². The molecule has 0 aromatic carbocycles. The summed E-state index contributed by atoms with van der Waals surface area (Å²) in [5.74, 6) is 0.805. The van der Waals surface area contributed by atoms with Crippen molar-refractivity contribution in [2.75, 3.05) is 6.54 Å². The van der Waals surface area contributed by atoms with Crippen LogP contribution in [0.3, 0.4) is 0 Å². The second-order valence-corrected chi connectivity index (χ2v) is 6.62. The van der Waals surface area contributed by atoms with Gasteiger partial charge in [0.1, 0.15) is 0 Å². The maximum absolute atomic E-state index is 4.21. The van der Waals surface area contributed by atoms with E-state index in [4.69, 9.17) is 0 Å². The number of nitrogens with one attached hydrogen (secondary N) is 1. The van der Waals surface area contributed by atoms with E-state index in [0.29, 0.717) is 17.5 Å². The smallest absolute Gasteiger partial charge is 0.0949 e. The van der Waals surface area contributed by atoms with Crippen LogP contribution < -0.4 is 5.32 Å². The van der Waals surface area contributed by atoms with Crippen LogP contribution in [0.25, 0.3) is 0 Å². The molecule has 0 radical (unpaired) electrons. The Kier molecular flexibility index (Phi) is 4.10. The van der Waals surface area contributed by atoms with Gasteiger partial charge in [0, 0.05) is 18.4 Å². The number of hydrogen-bond acceptors (Lipinski definition) is 2. The lowest BCUT2D eigenvalue weighted by Gasteiger charge is -2.42. The minimum absolute atomic E-state index is 0.413. The molecule has 18 heavy (non-hydrogen) atoms. The Morgan fingerprint density at radius 3 is 2.67 bits per heavy atom. The lowest BCUT2D eigenvalue weighted by molar-refractivity contribution is 0.118. The summed E-state index contributed by atoms with van der Waals surface area (Å²) in [6.07, 6.45) is 9.85. The molecular formula is C15H27N3. The monoisotopic (exact) mass is 249 g/mol. The van der Waals surface area contributed by atoms with Crippen molar-refractivity contribution in [1.29, 1.82) is 0 Å². The predicted octanol–water partition coefficient (Wildman–Crippen LogP) is 3.25. The van der Waals surface area contributed by atoms with Gasteiger partial charge in [0.2, 0.25) is 0 Å². The SMILES string of the molecule is CCNC1CCC(C(C)(C)C)CC1n1ccnc1. The van der Waals surface area contributed by atoms with Crippen molar-refractivity contribution in [2.24, 2.45) is 11.3 Å². The van der Waals surface area contributed by atoms with Crippen molar-refractivity contribution in [3.8, 4) is 0 Å². The van der Waals surface area contributed by atoms with Crippen LogP contribution in [-0.4, -0.2) is 22.1 Å². The van der Waals surface area contributed by atoms with Crippen molar-refractivity contribution in [3.63, 3.8) is 0 Å². The molecule has 3 unspecified atom stereocenters. The van der Waals surface area contributed by atoms with Gasteiger partial charge in [-0.2, -0.15) is 0 Å². The Hall–Kier alpha value is -0.830. The average molecular weight is 249 g/mol. The second kappa shape index (κ2) is 5.43. The fourth-order valence-electron chi connectivity index (χ4n) is 3.23. The fourth-order valence-corrected chi connectivity index (χ4v) is 3.23. The average Bonchev–Trinajstić information content (AvgIpc) is 2.82. The summed E-state index contributed by atoms with van der Waals surface area (Å²) in [5, 5.41) is 3.65. The van der Waals surface area contributed by atoms with E-state index in [9.17, 15) is 0 Å². The van der Waals surface area contributed by atoms with Crippen LogP contribution in [0.15, 0.2) is 18.7 Å². The Labute approximate surface area is 111 Å². The lowest BCUT2D eigenvalue weighted by atomic mass is 9.69. The van der Waals surface area contributed by atoms with Gasteiger partial charge in [-0.15, -0.1) is 0 Å². The zero-order chi connectivity index (χ0) is 13.2. The van der Waals surface area contributed by atoms with Crippen LogP contribution in [-0.2, 0) is 0 Å². The molecule has 0 aliphatic heterocycles. The molecule has 0 amide bonds. The first kappa shape index (κ1) is 13.6. The van der Waals surface area contributed by atoms with Crippen LogP contribution in [0, 0.1) is 11.3 Å². The molecule has 3 atom stereocenters. The van der Waals surface area contributed by atoms with Crippen LogP contribution in [0.2, 0.25) is 0 Å². The van der Waals surface area contributed by atoms with Crippen molar-refractivity contribution in [3.05, 3.63) is 18.7 Å². The molecule has 2 rings (SSSR count). The molecule has 1 aliphatic rings. The maximum Gasteiger partial charge on any atom is 0.0949 e. The molecule has 0 spiro atoms. The summed E-state index contributed by atoms with van der Waals surface area (Å²) in [7, 11) is 0. The van der Waals surface area contributed by atoms with Gasteiger partial charge >= 0.3 is 0 Å². The number of imidazole rings is 1. The van der Waals surface area contributed by atoms with Gasteiger partial charge in [0.15, 0.2) is 0 Å². The summed E-state index contributed by atoms with van der Waals surface area (Å²) in [4.78, 5) is 4.21. The standard InChI is InChI=1S/C15H27N3/c1-5-17-13-7-6-12(15(2,3)4)10-14(13)18-9-8-16-11-18/h8-9,11-14,17H,5-7,10H2,1-4H3. The van der Waals surface area contributed by atoms with E-state index in [1.807, 2.05) is 12.5 Å². The van der Waals surface area contributed by atoms with E-state index in [2.05, 4.69) is 48.8 Å². The number of rotatable bonds is 3. The van der Waals surface area contributed by atoms with Crippen LogP contribution in [0.1, 0.15) is 53.0 Å². The Morgan fingerprint density at radius 2 is 2.11 bits per heavy atom. The quantitative estimate of drug-likeness (QED) is 0.891. The normalized spacial score (nSPS) is 29.4. The molecule has 1 N–H and O–H groups in total. The third kappa shape index (κ3) is 2.94. The molecule has 3 heteroatoms. The van der Waals surface area contributed by atoms with Crippen LogP contribution in [0.4, 0.5) is 0 Å². The predicted molar refractivity (Wildman–Crippen MR) is 75.5 cm³/mol. The Bertz CT molecular complexity index is 350. The summed E-state index contributed by atoms with van der Waals surface area (Å²) in [6.45, 7) is 10.4. The minimum Gasteiger partial charge on any atom is -0.333 e. The molecule has 102 valence electrons. The molecule has 1 fully saturated rings. The Morgan fingerprint density at radius 1 is 1.33 bits per heavy atom. The van der Waals surface area contributed by atoms with E-state index in [1.165, 1.54) is 19.3 Å². The van der Waals surface area contributed by atoms with Gasteiger partial charge in [0.05, 0.1) is 12.4 Å². The molecule has 3 nitrogen and oxygen atoms in total. The third-order valence-corrected chi connectivity index (χ3v) is 4.42. The van der Waals surface area contributed by atoms with Gasteiger partial charge < -0.3 is 9.88 Å². The van der Waals surface area contributed by atoms with Crippen molar-refractivity contribution in [1.82, 2.24) is 14.9 Å². The minimum atomic E-state index is 0.413. The van der Waals surface area contributed by atoms with Crippen LogP contribution >= 0.6 is 0 Å². The molecule has 1 aliphatic carbocycles. The summed E-state index contributed by atoms with van der Waals surface area (Å²) in [5.41, 5.74) is 0.413. The topological polar surface area (TPSA) is 29.9 Å². The van der Waals surface area contributed by atoms with E-state index in [-0.39, 0.29) is 0 Å². The number of aromatic nitrogens is 2. The molecule has 1 aromatic heterocycles. The molecule has 0 bridgehead atoms. The van der Waals surface area contributed by atoms with Gasteiger partial charge in [-0.3, -0.25) is 0 Å². The van der Waals surface area contributed by atoms with Crippen molar-refractivity contribution < 1.29 is 0 Å². The van der Waals surface area contributed by atoms with E-state index >= 15 is 0 Å². The molecule has 0 saturated heterocycles. The molecular weight excluding hydrogens is 222 g/mol. The van der Waals surface area contributed by atoms with Crippen molar-refractivity contribution >= 4 is 0 Å². The summed E-state index contributed by atoms with van der Waals surface area (Å²) < 4.78 is 2.30. The molecule has 1 saturated carbocycles. The number of nitrogens with zero attached hydrogens (tertiary/aromatic N) is 2. The third-order valence-electron chi connectivity index (χ3n) is 4.42. The molecule has 1 heterocycles. The zero-order valence-electron chi connectivity index (χ0n) is 12.2. The number of likely N-dealkylation sites (N-methyl/N-ethyl adjacent to an activating group) is 1. The highest BCUT2D eigenvalue weighted by molar-refractivity contribution is 4.94. The van der Waals surface area contributed by atoms with Gasteiger partial charge in [-0.1, -0.05) is 27.7 Å². The van der Waals surface area contributed by atoms with E-state index in [1.54, 1.807) is 0 Å². The first-order chi connectivity index (χ1) is 8.52. The first-order valence-electron chi connectivity index (χ1n) is 7.23. The zero-order valence-corrected chi connectivity index (χ0v) is 12.2. The highest BCUT2D eigenvalue weighted by Crippen LogP contribution is 2.42. The van der Waals surface area contributed by atoms with E-state index in [0.717, 1.165) is 12.5 Å². The highest BCUT2D eigenvalue weighted by Gasteiger charge is 2.36. The van der Waals surface area contributed by atoms with Gasteiger partial charge in [0.25, 0.3) is 0 Å². The van der Waals surface area contributed by atoms with Gasteiger partial charge in [-0.25, -0.2) is 4.98 Å². The van der Waals surface area contributed by atoms with Crippen molar-refractivity contribution in [2.45, 2.75) is 59.0 Å². The first-order valence-corrected chi connectivity index (χ1v) is 7.23. The molecule has 1 aromatic rings. The Balaban J connectivity index is 2.14. The fraction of sp³-hybridized carbons (Fsp3) is 0.800. The lowest BCUT2D eigenvalue weighted by Crippen LogP contribution is -2.43. The number of hydrogen-bond donors (Lipinski definition) is 1. The maximum atomic E-state index is 4.21. The summed E-state index contributed by atoms with van der Waals surface area (Å²) in [6, 6.07) is 1.16.